The van der Waals surface area contributed by atoms with Crippen LogP contribution in [-0.2, 0) is 19.4 Å². The molecule has 2 amide bonds. The van der Waals surface area contributed by atoms with Crippen LogP contribution in [0.4, 0.5) is 5.69 Å². The van der Waals surface area contributed by atoms with Crippen molar-refractivity contribution in [3.8, 4) is 0 Å². The number of halogens is 1. The summed E-state index contributed by atoms with van der Waals surface area (Å²) in [6, 6.07) is 5.04. The number of hydrogen-bond acceptors (Lipinski definition) is 4. The molecule has 1 aromatic carbocycles. The molecule has 2 saturated heterocycles. The SMILES string of the molecule is CCN(C(=O)C1CC(=O)N(c2ccc(Cl)cc2C)C1)C1CCS(=O)(=O)C1. The van der Waals surface area contributed by atoms with Crippen molar-refractivity contribution in [2.75, 3.05) is 29.5 Å². The average molecular weight is 399 g/mol. The van der Waals surface area contributed by atoms with Gasteiger partial charge in [0.15, 0.2) is 9.84 Å². The molecule has 3 rings (SSSR count). The second-order valence-corrected chi connectivity index (χ2v) is 9.68. The minimum Gasteiger partial charge on any atom is -0.339 e. The Morgan fingerprint density at radius 1 is 1.38 bits per heavy atom. The van der Waals surface area contributed by atoms with Gasteiger partial charge in [0.05, 0.1) is 17.4 Å². The lowest BCUT2D eigenvalue weighted by molar-refractivity contribution is -0.137. The van der Waals surface area contributed by atoms with E-state index < -0.39 is 15.8 Å². The quantitative estimate of drug-likeness (QED) is 0.777. The third-order valence-electron chi connectivity index (χ3n) is 5.20. The molecule has 2 aliphatic rings. The Kier molecular flexibility index (Phi) is 5.30. The average Bonchev–Trinajstić information content (AvgIpc) is 3.11. The summed E-state index contributed by atoms with van der Waals surface area (Å²) in [6.45, 7) is 4.49. The number of aryl methyl sites for hydroxylation is 1. The topological polar surface area (TPSA) is 74.8 Å². The first-order valence-corrected chi connectivity index (χ1v) is 11.0. The molecule has 0 radical (unpaired) electrons. The number of anilines is 1. The summed E-state index contributed by atoms with van der Waals surface area (Å²) in [4.78, 5) is 28.7. The van der Waals surface area contributed by atoms with Crippen molar-refractivity contribution in [1.29, 1.82) is 0 Å². The van der Waals surface area contributed by atoms with Crippen molar-refractivity contribution in [3.63, 3.8) is 0 Å². The molecular weight excluding hydrogens is 376 g/mol. The molecule has 2 fully saturated rings. The van der Waals surface area contributed by atoms with Crippen molar-refractivity contribution in [3.05, 3.63) is 28.8 Å². The largest absolute Gasteiger partial charge is 0.339 e. The van der Waals surface area contributed by atoms with Crippen LogP contribution in [0, 0.1) is 12.8 Å². The Hall–Kier alpha value is -1.60. The highest BCUT2D eigenvalue weighted by atomic mass is 35.5. The molecule has 0 bridgehead atoms. The number of carbonyl (C=O) groups is 2. The van der Waals surface area contributed by atoms with Crippen molar-refractivity contribution in [1.82, 2.24) is 4.90 Å². The molecule has 8 heteroatoms. The van der Waals surface area contributed by atoms with E-state index in [-0.39, 0.29) is 35.8 Å². The van der Waals surface area contributed by atoms with Gasteiger partial charge in [0.25, 0.3) is 0 Å². The van der Waals surface area contributed by atoms with Crippen molar-refractivity contribution in [2.45, 2.75) is 32.7 Å². The third kappa shape index (κ3) is 3.74. The fourth-order valence-electron chi connectivity index (χ4n) is 3.88. The van der Waals surface area contributed by atoms with Gasteiger partial charge in [-0.05, 0) is 44.0 Å². The Labute approximate surface area is 159 Å². The van der Waals surface area contributed by atoms with Gasteiger partial charge in [-0.25, -0.2) is 8.42 Å². The van der Waals surface area contributed by atoms with Crippen LogP contribution in [0.5, 0.6) is 0 Å². The number of rotatable bonds is 4. The van der Waals surface area contributed by atoms with E-state index in [1.165, 1.54) is 0 Å². The monoisotopic (exact) mass is 398 g/mol. The Morgan fingerprint density at radius 2 is 2.12 bits per heavy atom. The van der Waals surface area contributed by atoms with Crippen LogP contribution in [-0.4, -0.2) is 55.8 Å². The molecule has 1 aromatic rings. The summed E-state index contributed by atoms with van der Waals surface area (Å²) in [5, 5.41) is 0.602. The maximum Gasteiger partial charge on any atom is 0.228 e. The molecule has 142 valence electrons. The van der Waals surface area contributed by atoms with Crippen LogP contribution < -0.4 is 4.90 Å². The van der Waals surface area contributed by atoms with Crippen LogP contribution in [0.3, 0.4) is 0 Å². The van der Waals surface area contributed by atoms with Gasteiger partial charge in [-0.15, -0.1) is 0 Å². The molecule has 2 aliphatic heterocycles. The summed E-state index contributed by atoms with van der Waals surface area (Å²) < 4.78 is 23.5. The number of nitrogens with zero attached hydrogens (tertiary/aromatic N) is 2. The van der Waals surface area contributed by atoms with Crippen LogP contribution in [0.25, 0.3) is 0 Å². The molecule has 0 saturated carbocycles. The molecule has 26 heavy (non-hydrogen) atoms. The predicted molar refractivity (Wildman–Crippen MR) is 101 cm³/mol. The van der Waals surface area contributed by atoms with Crippen LogP contribution in [0.2, 0.25) is 5.02 Å². The lowest BCUT2D eigenvalue weighted by atomic mass is 10.1. The van der Waals surface area contributed by atoms with E-state index in [0.717, 1.165) is 11.3 Å². The highest BCUT2D eigenvalue weighted by Crippen LogP contribution is 2.31. The van der Waals surface area contributed by atoms with E-state index in [2.05, 4.69) is 0 Å². The minimum atomic E-state index is -3.07. The van der Waals surface area contributed by atoms with Crippen LogP contribution in [0.1, 0.15) is 25.3 Å². The standard InChI is InChI=1S/C18H23ClN2O4S/c1-3-20(15-6-7-26(24,25)11-15)18(23)13-9-17(22)21(10-13)16-5-4-14(19)8-12(16)2/h4-5,8,13,15H,3,6-7,9-11H2,1-2H3. The number of hydrogen-bond donors (Lipinski definition) is 0. The molecular formula is C18H23ClN2O4S. The van der Waals surface area contributed by atoms with E-state index in [9.17, 15) is 18.0 Å². The maximum atomic E-state index is 13.0. The first kappa shape index (κ1) is 19.2. The Bertz CT molecular complexity index is 840. The lowest BCUT2D eigenvalue weighted by Gasteiger charge is -2.29. The van der Waals surface area contributed by atoms with Gasteiger partial charge < -0.3 is 9.80 Å². The highest BCUT2D eigenvalue weighted by molar-refractivity contribution is 7.91. The smallest absolute Gasteiger partial charge is 0.228 e. The van der Waals surface area contributed by atoms with Crippen molar-refractivity contribution in [2.24, 2.45) is 5.92 Å². The fourth-order valence-corrected chi connectivity index (χ4v) is 5.83. The first-order chi connectivity index (χ1) is 12.2. The zero-order valence-electron chi connectivity index (χ0n) is 14.9. The molecule has 2 unspecified atom stereocenters. The van der Waals surface area contributed by atoms with E-state index >= 15 is 0 Å². The number of sulfone groups is 1. The van der Waals surface area contributed by atoms with Gasteiger partial charge in [0.2, 0.25) is 11.8 Å². The molecule has 6 nitrogen and oxygen atoms in total. The summed E-state index contributed by atoms with van der Waals surface area (Å²) in [5.41, 5.74) is 1.65. The van der Waals surface area contributed by atoms with E-state index in [0.29, 0.717) is 24.5 Å². The summed E-state index contributed by atoms with van der Waals surface area (Å²) >= 11 is 5.98. The van der Waals surface area contributed by atoms with E-state index in [4.69, 9.17) is 11.6 Å². The molecule has 2 heterocycles. The van der Waals surface area contributed by atoms with Crippen molar-refractivity contribution >= 4 is 38.9 Å². The van der Waals surface area contributed by atoms with Gasteiger partial charge in [0, 0.05) is 36.3 Å². The second kappa shape index (κ2) is 7.19. The Morgan fingerprint density at radius 3 is 2.69 bits per heavy atom. The summed E-state index contributed by atoms with van der Waals surface area (Å²) in [6.07, 6.45) is 0.624. The predicted octanol–water partition coefficient (Wildman–Crippen LogP) is 2.04. The minimum absolute atomic E-state index is 0.0211. The van der Waals surface area contributed by atoms with E-state index in [1.807, 2.05) is 13.8 Å². The summed E-state index contributed by atoms with van der Waals surface area (Å²) in [7, 11) is -3.07. The molecule has 2 atom stereocenters. The first-order valence-electron chi connectivity index (χ1n) is 8.79. The molecule has 0 aliphatic carbocycles. The van der Waals surface area contributed by atoms with Crippen molar-refractivity contribution < 1.29 is 18.0 Å². The molecule has 0 aromatic heterocycles. The van der Waals surface area contributed by atoms with Gasteiger partial charge in [0.1, 0.15) is 0 Å². The molecule has 0 N–H and O–H groups in total. The maximum absolute atomic E-state index is 13.0. The third-order valence-corrected chi connectivity index (χ3v) is 7.18. The Balaban J connectivity index is 1.76. The number of benzene rings is 1. The van der Waals surface area contributed by atoms with E-state index in [1.54, 1.807) is 28.0 Å². The number of carbonyl (C=O) groups excluding carboxylic acids is 2. The molecule has 0 spiro atoms. The van der Waals surface area contributed by atoms with Crippen LogP contribution >= 0.6 is 11.6 Å². The zero-order valence-corrected chi connectivity index (χ0v) is 16.5. The zero-order chi connectivity index (χ0) is 19.1. The van der Waals surface area contributed by atoms with Gasteiger partial charge >= 0.3 is 0 Å². The van der Waals surface area contributed by atoms with Crippen LogP contribution in [0.15, 0.2) is 18.2 Å². The number of amides is 2. The van der Waals surface area contributed by atoms with Gasteiger partial charge in [-0.3, -0.25) is 9.59 Å². The summed E-state index contributed by atoms with van der Waals surface area (Å²) in [5.74, 6) is -0.518. The normalized spacial score (nSPS) is 24.9. The highest BCUT2D eigenvalue weighted by Gasteiger charge is 2.41. The van der Waals surface area contributed by atoms with Gasteiger partial charge in [-0.1, -0.05) is 11.6 Å². The lowest BCUT2D eigenvalue weighted by Crippen LogP contribution is -2.44. The fraction of sp³-hybridized carbons (Fsp3) is 0.556. The van der Waals surface area contributed by atoms with Gasteiger partial charge in [-0.2, -0.15) is 0 Å². The second-order valence-electron chi connectivity index (χ2n) is 7.02.